The molecule has 0 saturated heterocycles. The Morgan fingerprint density at radius 2 is 0.500 bits per heavy atom. The molecule has 4 radical (unpaired) electrons. The minimum Gasteiger partial charge on any atom is -0.0776 e. The van der Waals surface area contributed by atoms with Gasteiger partial charge in [0.2, 0.25) is 0 Å². The molecule has 1 heteroatoms. The Bertz CT molecular complexity index is 3.25. The predicted molar refractivity (Wildman–Crippen MR) is 25.9 cm³/mol. The second-order valence-corrected chi connectivity index (χ2v) is 0. The van der Waals surface area contributed by atoms with Gasteiger partial charge in [-0.15, -0.1) is 0 Å². The van der Waals surface area contributed by atoms with E-state index < -0.39 is 0 Å². The first kappa shape index (κ1) is 109. The maximum atomic E-state index is 0. The summed E-state index contributed by atoms with van der Waals surface area (Å²) in [6.45, 7) is 0. The summed E-state index contributed by atoms with van der Waals surface area (Å²) in [6.07, 6.45) is 0. The first-order valence-electron chi connectivity index (χ1n) is 0. The summed E-state index contributed by atoms with van der Waals surface area (Å²) in [5.41, 5.74) is 0. The average molecular weight is 167 g/mol. The van der Waals surface area contributed by atoms with Crippen LogP contribution < -0.4 is 0 Å². The molecule has 0 spiro atoms. The smallest absolute Gasteiger partial charge is 0 e. The van der Waals surface area contributed by atoms with E-state index >= 15 is 0 Å². The molecule has 0 nitrogen and oxygen atoms in total. The molecule has 0 aliphatic rings. The molecular weight excluding hydrogens is 155 g/mol. The normalized spacial score (nSPS) is 0. The van der Waals surface area contributed by atoms with E-state index in [0.717, 1.165) is 0 Å². The Labute approximate surface area is 46.6 Å². The van der Waals surface area contributed by atoms with Crippen molar-refractivity contribution in [3.8, 4) is 0 Å². The third kappa shape index (κ3) is 14.2. The summed E-state index contributed by atoms with van der Waals surface area (Å²) >= 11 is 0. The van der Waals surface area contributed by atoms with E-state index in [9.17, 15) is 0 Å². The van der Waals surface area contributed by atoms with Crippen molar-refractivity contribution in [2.24, 2.45) is 0 Å². The van der Waals surface area contributed by atoms with Gasteiger partial charge in [-0.1, -0.05) is 22.3 Å². The maximum Gasteiger partial charge on any atom is 0 e. The summed E-state index contributed by atoms with van der Waals surface area (Å²) in [6, 6.07) is 0. The maximum absolute atomic E-state index is 0. The van der Waals surface area contributed by atoms with Gasteiger partial charge < -0.3 is 0 Å². The van der Waals surface area contributed by atoms with Gasteiger partial charge in [0, 0.05) is 23.9 Å². The number of hydrogen-bond donors (Lipinski definition) is 0. The van der Waals surface area contributed by atoms with Gasteiger partial charge in [-0.3, -0.25) is 0 Å². The van der Waals surface area contributed by atoms with Gasteiger partial charge in [0.15, 0.2) is 0 Å². The van der Waals surface area contributed by atoms with E-state index in [2.05, 4.69) is 0 Å². The molecule has 0 aliphatic carbocycles. The van der Waals surface area contributed by atoms with Gasteiger partial charge in [-0.25, -0.2) is 0 Å². The zero-order chi connectivity index (χ0) is 0. The molecule has 4 heavy (non-hydrogen) atoms. The van der Waals surface area contributed by atoms with Crippen LogP contribution in [0.4, 0.5) is 0 Å². The Morgan fingerprint density at radius 1 is 0.500 bits per heavy atom. The van der Waals surface area contributed by atoms with Crippen LogP contribution >= 0.6 is 0 Å². The van der Waals surface area contributed by atoms with Crippen LogP contribution in [-0.4, -0.2) is 23.9 Å². The van der Waals surface area contributed by atoms with Gasteiger partial charge in [0.25, 0.3) is 0 Å². The first-order valence-corrected chi connectivity index (χ1v) is 0. The molecule has 0 atom stereocenters. The van der Waals surface area contributed by atoms with Crippen molar-refractivity contribution in [2.75, 3.05) is 0 Å². The standard InChI is InChI=1S/3CH4.Sn/h3*1H4;. The van der Waals surface area contributed by atoms with Crippen LogP contribution in [0.15, 0.2) is 0 Å². The van der Waals surface area contributed by atoms with E-state index in [1.165, 1.54) is 0 Å². The zero-order valence-electron chi connectivity index (χ0n) is 0.500. The molecule has 0 heterocycles. The minimum absolute atomic E-state index is 0. The van der Waals surface area contributed by atoms with E-state index in [0.29, 0.717) is 0 Å². The Morgan fingerprint density at radius 3 is 0.500 bits per heavy atom. The molecule has 0 N–H and O–H groups in total. The van der Waals surface area contributed by atoms with Crippen molar-refractivity contribution < 1.29 is 0 Å². The fourth-order valence-electron chi connectivity index (χ4n) is 0. The molecule has 0 rings (SSSR count). The average Bonchev–Trinajstić information content (AvgIpc) is 0. The Balaban J connectivity index is 0. The molecule has 0 aromatic heterocycles. The van der Waals surface area contributed by atoms with Crippen molar-refractivity contribution in [2.45, 2.75) is 22.3 Å². The van der Waals surface area contributed by atoms with Gasteiger partial charge in [0.05, 0.1) is 0 Å². The summed E-state index contributed by atoms with van der Waals surface area (Å²) in [5, 5.41) is 0. The van der Waals surface area contributed by atoms with E-state index in [4.69, 9.17) is 0 Å². The minimum atomic E-state index is 0. The summed E-state index contributed by atoms with van der Waals surface area (Å²) in [5.74, 6) is 0. The molecule has 0 saturated carbocycles. The van der Waals surface area contributed by atoms with Crippen LogP contribution in [0, 0.1) is 0 Å². The second kappa shape index (κ2) is 46.6. The van der Waals surface area contributed by atoms with Crippen molar-refractivity contribution >= 4 is 23.9 Å². The summed E-state index contributed by atoms with van der Waals surface area (Å²) in [7, 11) is 0. The quantitative estimate of drug-likeness (QED) is 0.479. The molecule has 0 bridgehead atoms. The molecule has 28 valence electrons. The van der Waals surface area contributed by atoms with Crippen LogP contribution in [0.25, 0.3) is 0 Å². The van der Waals surface area contributed by atoms with E-state index in [1.807, 2.05) is 0 Å². The van der Waals surface area contributed by atoms with Crippen molar-refractivity contribution in [3.05, 3.63) is 0 Å². The Kier molecular flexibility index (Phi) is 1270. The van der Waals surface area contributed by atoms with Crippen molar-refractivity contribution in [1.29, 1.82) is 0 Å². The fraction of sp³-hybridized carbons (Fsp3) is 1.00. The third-order valence-electron chi connectivity index (χ3n) is 0. The molecular formula is C3H12Sn. The summed E-state index contributed by atoms with van der Waals surface area (Å²) in [4.78, 5) is 0. The van der Waals surface area contributed by atoms with Crippen molar-refractivity contribution in [1.82, 2.24) is 0 Å². The van der Waals surface area contributed by atoms with Crippen LogP contribution in [-0.2, 0) is 0 Å². The topological polar surface area (TPSA) is 0 Å². The Hall–Kier alpha value is 0.799. The second-order valence-electron chi connectivity index (χ2n) is 0. The SMILES string of the molecule is C.C.C.[Sn]. The van der Waals surface area contributed by atoms with E-state index in [1.54, 1.807) is 0 Å². The monoisotopic (exact) mass is 168 g/mol. The molecule has 0 fully saturated rings. The predicted octanol–water partition coefficient (Wildman–Crippen LogP) is 1.53. The third-order valence-corrected chi connectivity index (χ3v) is 0. The van der Waals surface area contributed by atoms with Crippen molar-refractivity contribution in [3.63, 3.8) is 0 Å². The number of hydrogen-bond acceptors (Lipinski definition) is 0. The van der Waals surface area contributed by atoms with Gasteiger partial charge in [-0.05, 0) is 0 Å². The van der Waals surface area contributed by atoms with Gasteiger partial charge >= 0.3 is 0 Å². The molecule has 0 aromatic rings. The first-order chi connectivity index (χ1) is 0. The molecule has 0 amide bonds. The van der Waals surface area contributed by atoms with Crippen LogP contribution in [0.2, 0.25) is 0 Å². The molecule has 0 aromatic carbocycles. The fourth-order valence-corrected chi connectivity index (χ4v) is 0. The zero-order valence-corrected chi connectivity index (χ0v) is 3.35. The van der Waals surface area contributed by atoms with Crippen LogP contribution in [0.5, 0.6) is 0 Å². The van der Waals surface area contributed by atoms with Crippen LogP contribution in [0.1, 0.15) is 22.3 Å². The number of rotatable bonds is 0. The summed E-state index contributed by atoms with van der Waals surface area (Å²) < 4.78 is 0. The molecule has 0 unspecified atom stereocenters. The van der Waals surface area contributed by atoms with Gasteiger partial charge in [0.1, 0.15) is 0 Å². The molecule has 0 aliphatic heterocycles. The van der Waals surface area contributed by atoms with Crippen LogP contribution in [0.3, 0.4) is 0 Å². The largest absolute Gasteiger partial charge is 0.0776 e. The van der Waals surface area contributed by atoms with E-state index in [-0.39, 0.29) is 46.2 Å². The van der Waals surface area contributed by atoms with Gasteiger partial charge in [-0.2, -0.15) is 0 Å².